The molecule has 3 N–H and O–H groups in total. The Balaban J connectivity index is 1.26. The first-order chi connectivity index (χ1) is 21.9. The first-order valence-electron chi connectivity index (χ1n) is 15.6. The summed E-state index contributed by atoms with van der Waals surface area (Å²) >= 11 is 6.19. The van der Waals surface area contributed by atoms with Crippen molar-refractivity contribution in [3.05, 3.63) is 84.6 Å². The van der Waals surface area contributed by atoms with Gasteiger partial charge in [-0.3, -0.25) is 9.36 Å². The highest BCUT2D eigenvalue weighted by Crippen LogP contribution is 2.42. The Hall–Kier alpha value is -4.47. The Labute approximate surface area is 268 Å². The predicted octanol–water partition coefficient (Wildman–Crippen LogP) is 6.16. The molecule has 1 saturated heterocycles. The monoisotopic (exact) mass is 620 g/mol. The van der Waals surface area contributed by atoms with E-state index >= 15 is 0 Å². The van der Waals surface area contributed by atoms with E-state index in [2.05, 4.69) is 67.8 Å². The van der Waals surface area contributed by atoms with Crippen LogP contribution in [0.4, 0.5) is 11.5 Å². The molecule has 0 atom stereocenters. The fourth-order valence-electron chi connectivity index (χ4n) is 6.46. The van der Waals surface area contributed by atoms with Gasteiger partial charge in [-0.15, -0.1) is 0 Å². The maximum atomic E-state index is 12.5. The summed E-state index contributed by atoms with van der Waals surface area (Å²) in [5.74, 6) is 1.33. The third-order valence-electron chi connectivity index (χ3n) is 9.24. The number of pyridine rings is 2. The lowest BCUT2D eigenvalue weighted by molar-refractivity contribution is -0.134. The smallest absolute Gasteiger partial charge is 0.225 e. The first kappa shape index (κ1) is 29.3. The molecule has 0 spiro atoms. The van der Waals surface area contributed by atoms with Crippen LogP contribution in [0.1, 0.15) is 38.7 Å². The maximum Gasteiger partial charge on any atom is 0.225 e. The van der Waals surface area contributed by atoms with Gasteiger partial charge in [0.2, 0.25) is 5.91 Å². The molecule has 4 heterocycles. The molecule has 2 aromatic carbocycles. The number of imidazole rings is 1. The molecule has 45 heavy (non-hydrogen) atoms. The zero-order chi connectivity index (χ0) is 31.1. The number of nitrogens with one attached hydrogen (secondary N) is 1. The van der Waals surface area contributed by atoms with Crippen molar-refractivity contribution in [2.24, 2.45) is 5.92 Å². The molecule has 0 bridgehead atoms. The number of nitrogens with zero attached hydrogens (tertiary/aromatic N) is 6. The molecule has 1 aliphatic heterocycles. The average molecular weight is 621 g/mol. The van der Waals surface area contributed by atoms with E-state index in [-0.39, 0.29) is 17.4 Å². The number of carbonyl (C=O) groups is 1. The van der Waals surface area contributed by atoms with Crippen LogP contribution in [0.2, 0.25) is 0 Å². The summed E-state index contributed by atoms with van der Waals surface area (Å²) in [5, 5.41) is 0. The van der Waals surface area contributed by atoms with Gasteiger partial charge in [0, 0.05) is 55.2 Å². The Morgan fingerprint density at radius 1 is 0.933 bits per heavy atom. The highest BCUT2D eigenvalue weighted by Gasteiger charge is 2.38. The lowest BCUT2D eigenvalue weighted by atomic mass is 9.73. The molecule has 2 aliphatic rings. The zero-order valence-corrected chi connectivity index (χ0v) is 26.3. The topological polar surface area (TPSA) is 105 Å². The van der Waals surface area contributed by atoms with Gasteiger partial charge < -0.3 is 15.5 Å². The number of amides is 1. The third kappa shape index (κ3) is 5.30. The first-order valence-corrected chi connectivity index (χ1v) is 16.0. The molecule has 1 saturated carbocycles. The molecule has 1 amide bonds. The number of anilines is 2. The number of benzene rings is 2. The number of fused-ring (bicyclic) bond motifs is 1. The van der Waals surface area contributed by atoms with Gasteiger partial charge in [0.25, 0.3) is 0 Å². The van der Waals surface area contributed by atoms with Crippen LogP contribution in [-0.4, -0.2) is 56.5 Å². The van der Waals surface area contributed by atoms with E-state index in [4.69, 9.17) is 27.5 Å². The second-order valence-corrected chi connectivity index (χ2v) is 12.5. The van der Waals surface area contributed by atoms with Crippen molar-refractivity contribution in [2.75, 3.05) is 36.8 Å². The fourth-order valence-corrected chi connectivity index (χ4v) is 6.76. The van der Waals surface area contributed by atoms with Gasteiger partial charge >= 0.3 is 0 Å². The highest BCUT2D eigenvalue weighted by atomic mass is 35.5. The number of hydrogen-bond acceptors (Lipinski definition) is 7. The van der Waals surface area contributed by atoms with Gasteiger partial charge in [0.05, 0.1) is 16.8 Å². The van der Waals surface area contributed by atoms with Crippen LogP contribution in [0.15, 0.2) is 79.0 Å². The zero-order valence-electron chi connectivity index (χ0n) is 25.6. The van der Waals surface area contributed by atoms with E-state index in [1.165, 1.54) is 5.56 Å². The van der Waals surface area contributed by atoms with Gasteiger partial charge in [-0.1, -0.05) is 38.1 Å². The van der Waals surface area contributed by atoms with Gasteiger partial charge in [0.15, 0.2) is 11.5 Å². The van der Waals surface area contributed by atoms with Crippen molar-refractivity contribution >= 4 is 40.4 Å². The minimum absolute atomic E-state index is 0.0180. The quantitative estimate of drug-likeness (QED) is 0.210. The SMILES string of the molecule is CC(C)C(=O)N1CCN(c2cccc(-c3ccc4nc(-c5cccnc5N)n(-c5ccc(C6(NCl)CCC6)cc5)c4n3)c2)CC1. The molecular formula is C35H37ClN8O. The van der Waals surface area contributed by atoms with E-state index in [1.807, 2.05) is 43.0 Å². The van der Waals surface area contributed by atoms with Crippen molar-refractivity contribution in [3.63, 3.8) is 0 Å². The minimum atomic E-state index is -0.180. The summed E-state index contributed by atoms with van der Waals surface area (Å²) < 4.78 is 2.06. The second kappa shape index (κ2) is 11.8. The largest absolute Gasteiger partial charge is 0.383 e. The molecule has 0 radical (unpaired) electrons. The van der Waals surface area contributed by atoms with Gasteiger partial charge in [-0.25, -0.2) is 19.8 Å². The third-order valence-corrected chi connectivity index (χ3v) is 9.60. The van der Waals surface area contributed by atoms with E-state index in [0.717, 1.165) is 84.8 Å². The Morgan fingerprint density at radius 3 is 2.38 bits per heavy atom. The number of piperazine rings is 1. The number of halogens is 1. The molecule has 1 aliphatic carbocycles. The van der Waals surface area contributed by atoms with Crippen LogP contribution >= 0.6 is 11.8 Å². The van der Waals surface area contributed by atoms with Crippen molar-refractivity contribution in [2.45, 2.75) is 38.6 Å². The molecule has 9 nitrogen and oxygen atoms in total. The van der Waals surface area contributed by atoms with E-state index in [0.29, 0.717) is 11.6 Å². The summed E-state index contributed by atoms with van der Waals surface area (Å²) in [6, 6.07) is 24.8. The average Bonchev–Trinajstić information content (AvgIpc) is 3.43. The molecule has 2 fully saturated rings. The standard InChI is InChI=1S/C35H37ClN8O/c1-23(2)34(45)43-20-18-42(19-21-43)27-7-3-6-24(22-27)29-13-14-30-33(39-29)44(32(40-30)28-8-4-17-38-31(28)37)26-11-9-25(10-12-26)35(41-36)15-5-16-35/h3-4,6-14,17,22-23,41H,5,15-16,18-21H2,1-2H3,(H2,37,38). The van der Waals surface area contributed by atoms with Gasteiger partial charge in [-0.05, 0) is 85.1 Å². The lowest BCUT2D eigenvalue weighted by Gasteiger charge is -2.41. The van der Waals surface area contributed by atoms with Crippen molar-refractivity contribution in [3.8, 4) is 28.3 Å². The normalized spacial score (nSPS) is 16.3. The Bertz CT molecular complexity index is 1850. The van der Waals surface area contributed by atoms with Crippen LogP contribution in [-0.2, 0) is 10.3 Å². The number of carbonyl (C=O) groups excluding carboxylic acids is 1. The summed E-state index contributed by atoms with van der Waals surface area (Å²) in [6.07, 6.45) is 4.86. The number of nitrogens with two attached hydrogens (primary N) is 1. The highest BCUT2D eigenvalue weighted by molar-refractivity contribution is 6.14. The maximum absolute atomic E-state index is 12.5. The van der Waals surface area contributed by atoms with E-state index in [1.54, 1.807) is 6.20 Å². The second-order valence-electron chi connectivity index (χ2n) is 12.3. The Kier molecular flexibility index (Phi) is 7.67. The van der Waals surface area contributed by atoms with Crippen LogP contribution < -0.4 is 15.5 Å². The van der Waals surface area contributed by atoms with Crippen molar-refractivity contribution in [1.82, 2.24) is 29.3 Å². The Morgan fingerprint density at radius 2 is 1.71 bits per heavy atom. The lowest BCUT2D eigenvalue weighted by Crippen LogP contribution is -2.49. The summed E-state index contributed by atoms with van der Waals surface area (Å²) in [6.45, 7) is 6.97. The summed E-state index contributed by atoms with van der Waals surface area (Å²) in [5.41, 5.74) is 13.5. The van der Waals surface area contributed by atoms with Crippen LogP contribution in [0.5, 0.6) is 0 Å². The molecule has 5 aromatic rings. The minimum Gasteiger partial charge on any atom is -0.383 e. The molecule has 7 rings (SSSR count). The van der Waals surface area contributed by atoms with Crippen molar-refractivity contribution < 1.29 is 4.79 Å². The number of rotatable bonds is 7. The van der Waals surface area contributed by atoms with Crippen LogP contribution in [0.25, 0.3) is 39.5 Å². The molecule has 3 aromatic heterocycles. The van der Waals surface area contributed by atoms with Gasteiger partial charge in [-0.2, -0.15) is 0 Å². The van der Waals surface area contributed by atoms with Crippen molar-refractivity contribution in [1.29, 1.82) is 0 Å². The summed E-state index contributed by atoms with van der Waals surface area (Å²) in [7, 11) is 0. The number of hydrogen-bond donors (Lipinski definition) is 2. The predicted molar refractivity (Wildman–Crippen MR) is 180 cm³/mol. The molecule has 230 valence electrons. The van der Waals surface area contributed by atoms with Crippen LogP contribution in [0, 0.1) is 5.92 Å². The van der Waals surface area contributed by atoms with Crippen LogP contribution in [0.3, 0.4) is 0 Å². The van der Waals surface area contributed by atoms with Gasteiger partial charge in [0.1, 0.15) is 11.3 Å². The molecule has 10 heteroatoms. The molecule has 0 unspecified atom stereocenters. The molecular weight excluding hydrogens is 584 g/mol. The summed E-state index contributed by atoms with van der Waals surface area (Å²) in [4.78, 5) is 34.3. The number of nitrogen functional groups attached to an aromatic ring is 1. The fraction of sp³-hybridized carbons (Fsp3) is 0.314. The number of aromatic nitrogens is 4. The van der Waals surface area contributed by atoms with E-state index < -0.39 is 0 Å². The van der Waals surface area contributed by atoms with E-state index in [9.17, 15) is 4.79 Å².